The number of nitrogens with zero attached hydrogens (tertiary/aromatic N) is 3. The van der Waals surface area contributed by atoms with Crippen molar-refractivity contribution in [2.24, 2.45) is 5.92 Å². The smallest absolute Gasteiger partial charge is 0.234 e. The number of rotatable bonds is 3. The first-order valence-electron chi connectivity index (χ1n) is 10.4. The third-order valence-corrected chi connectivity index (χ3v) is 6.25. The molecule has 7 nitrogen and oxygen atoms in total. The predicted molar refractivity (Wildman–Crippen MR) is 105 cm³/mol. The summed E-state index contributed by atoms with van der Waals surface area (Å²) in [7, 11) is 0. The van der Waals surface area contributed by atoms with E-state index in [1.54, 1.807) is 6.20 Å². The van der Waals surface area contributed by atoms with E-state index in [0.29, 0.717) is 18.7 Å². The van der Waals surface area contributed by atoms with Crippen LogP contribution in [0.15, 0.2) is 18.3 Å². The van der Waals surface area contributed by atoms with Crippen molar-refractivity contribution in [3.63, 3.8) is 0 Å². The molecule has 1 aromatic heterocycles. The average molecular weight is 384 g/mol. The molecule has 4 rings (SSSR count). The zero-order chi connectivity index (χ0) is 19.5. The quantitative estimate of drug-likeness (QED) is 0.804. The number of aromatic nitrogens is 1. The number of nitrogens with one attached hydrogen (secondary N) is 1. The van der Waals surface area contributed by atoms with Crippen molar-refractivity contribution < 1.29 is 14.4 Å². The second-order valence-corrected chi connectivity index (χ2v) is 8.10. The normalized spacial score (nSPS) is 24.2. The van der Waals surface area contributed by atoms with Crippen LogP contribution in [-0.2, 0) is 14.4 Å². The molecule has 1 N–H and O–H groups in total. The van der Waals surface area contributed by atoms with Crippen LogP contribution in [0.1, 0.15) is 56.4 Å². The molecular formula is C21H28N4O3. The molecule has 0 saturated carbocycles. The van der Waals surface area contributed by atoms with Crippen molar-refractivity contribution in [2.45, 2.75) is 50.9 Å². The molecule has 3 aliphatic rings. The van der Waals surface area contributed by atoms with Crippen LogP contribution in [0.25, 0.3) is 0 Å². The molecule has 4 heterocycles. The second kappa shape index (κ2) is 8.29. The van der Waals surface area contributed by atoms with Gasteiger partial charge < -0.3 is 9.80 Å². The minimum absolute atomic E-state index is 0.136. The molecule has 1 unspecified atom stereocenters. The Bertz CT molecular complexity index is 735. The highest BCUT2D eigenvalue weighted by Gasteiger charge is 2.30. The van der Waals surface area contributed by atoms with Crippen LogP contribution in [0.2, 0.25) is 0 Å². The van der Waals surface area contributed by atoms with Gasteiger partial charge in [-0.1, -0.05) is 6.07 Å². The Morgan fingerprint density at radius 1 is 1.00 bits per heavy atom. The minimum atomic E-state index is -0.299. The number of amides is 3. The van der Waals surface area contributed by atoms with E-state index < -0.39 is 0 Å². The Hall–Kier alpha value is -2.44. The van der Waals surface area contributed by atoms with Gasteiger partial charge in [0.15, 0.2) is 0 Å². The number of imide groups is 1. The highest BCUT2D eigenvalue weighted by atomic mass is 16.2. The number of hydrogen-bond donors (Lipinski definition) is 1. The van der Waals surface area contributed by atoms with Crippen molar-refractivity contribution in [3.8, 4) is 0 Å². The van der Waals surface area contributed by atoms with Gasteiger partial charge in [0, 0.05) is 44.7 Å². The Kier molecular flexibility index (Phi) is 5.59. The van der Waals surface area contributed by atoms with E-state index >= 15 is 0 Å². The molecule has 1 aromatic rings. The van der Waals surface area contributed by atoms with E-state index in [1.807, 2.05) is 12.1 Å². The molecule has 150 valence electrons. The van der Waals surface area contributed by atoms with E-state index in [1.165, 1.54) is 6.42 Å². The van der Waals surface area contributed by atoms with Gasteiger partial charge in [0.2, 0.25) is 17.7 Å². The monoisotopic (exact) mass is 384 g/mol. The maximum atomic E-state index is 12.7. The lowest BCUT2D eigenvalue weighted by molar-refractivity contribution is -0.137. The van der Waals surface area contributed by atoms with Gasteiger partial charge in [-0.25, -0.2) is 4.98 Å². The van der Waals surface area contributed by atoms with Crippen LogP contribution in [0, 0.1) is 5.92 Å². The molecule has 28 heavy (non-hydrogen) atoms. The third-order valence-electron chi connectivity index (χ3n) is 6.25. The standard InChI is InChI=1S/C21H28N4O3/c26-19-7-5-17(20(27)23-19)16-4-6-18(22-14-16)24-12-8-15(9-13-24)21(28)25-10-2-1-3-11-25/h4,6,14-15,17H,1-3,5,7-13H2,(H,23,26,27). The number of carbonyl (C=O) groups is 3. The Morgan fingerprint density at radius 2 is 1.75 bits per heavy atom. The lowest BCUT2D eigenvalue weighted by atomic mass is 9.91. The number of hydrogen-bond acceptors (Lipinski definition) is 5. The fourth-order valence-electron chi connectivity index (χ4n) is 4.53. The summed E-state index contributed by atoms with van der Waals surface area (Å²) in [4.78, 5) is 44.8. The predicted octanol–water partition coefficient (Wildman–Crippen LogP) is 1.83. The molecule has 0 bridgehead atoms. The Balaban J connectivity index is 1.33. The number of carbonyl (C=O) groups excluding carboxylic acids is 3. The minimum Gasteiger partial charge on any atom is -0.357 e. The summed E-state index contributed by atoms with van der Waals surface area (Å²) in [5.41, 5.74) is 0.851. The lowest BCUT2D eigenvalue weighted by Gasteiger charge is -2.36. The van der Waals surface area contributed by atoms with Gasteiger partial charge in [-0.3, -0.25) is 19.7 Å². The van der Waals surface area contributed by atoms with Gasteiger partial charge in [0.1, 0.15) is 5.82 Å². The fourth-order valence-corrected chi connectivity index (χ4v) is 4.53. The SMILES string of the molecule is O=C1CCC(c2ccc(N3CCC(C(=O)N4CCCCC4)CC3)nc2)C(=O)N1. The first-order chi connectivity index (χ1) is 13.6. The van der Waals surface area contributed by atoms with Crippen LogP contribution < -0.4 is 10.2 Å². The topological polar surface area (TPSA) is 82.6 Å². The fraction of sp³-hybridized carbons (Fsp3) is 0.619. The van der Waals surface area contributed by atoms with E-state index in [4.69, 9.17) is 0 Å². The molecule has 3 saturated heterocycles. The van der Waals surface area contributed by atoms with Gasteiger partial charge in [0.25, 0.3) is 0 Å². The summed E-state index contributed by atoms with van der Waals surface area (Å²) in [5.74, 6) is 0.625. The third kappa shape index (κ3) is 4.03. The molecule has 0 aliphatic carbocycles. The summed E-state index contributed by atoms with van der Waals surface area (Å²) < 4.78 is 0. The van der Waals surface area contributed by atoms with Crippen molar-refractivity contribution in [1.82, 2.24) is 15.2 Å². The molecule has 3 aliphatic heterocycles. The summed E-state index contributed by atoms with van der Waals surface area (Å²) in [6.45, 7) is 3.49. The van der Waals surface area contributed by atoms with Crippen LogP contribution in [0.5, 0.6) is 0 Å². The van der Waals surface area contributed by atoms with Crippen LogP contribution >= 0.6 is 0 Å². The van der Waals surface area contributed by atoms with Gasteiger partial charge in [0.05, 0.1) is 5.92 Å². The van der Waals surface area contributed by atoms with E-state index in [9.17, 15) is 14.4 Å². The van der Waals surface area contributed by atoms with E-state index in [0.717, 1.165) is 63.2 Å². The van der Waals surface area contributed by atoms with E-state index in [-0.39, 0.29) is 23.7 Å². The number of anilines is 1. The van der Waals surface area contributed by atoms with Crippen LogP contribution in [-0.4, -0.2) is 53.8 Å². The van der Waals surface area contributed by atoms with Crippen molar-refractivity contribution in [3.05, 3.63) is 23.9 Å². The Labute approximate surface area is 165 Å². The van der Waals surface area contributed by atoms with Gasteiger partial charge in [-0.05, 0) is 50.2 Å². The van der Waals surface area contributed by atoms with Crippen molar-refractivity contribution in [1.29, 1.82) is 0 Å². The maximum absolute atomic E-state index is 12.7. The van der Waals surface area contributed by atoms with Gasteiger partial charge >= 0.3 is 0 Å². The first kappa shape index (κ1) is 18.9. The molecular weight excluding hydrogens is 356 g/mol. The molecule has 3 amide bonds. The van der Waals surface area contributed by atoms with Crippen molar-refractivity contribution >= 4 is 23.5 Å². The average Bonchev–Trinajstić information content (AvgIpc) is 2.74. The van der Waals surface area contributed by atoms with Crippen molar-refractivity contribution in [2.75, 3.05) is 31.1 Å². The summed E-state index contributed by atoms with van der Waals surface area (Å²) in [6, 6.07) is 3.89. The van der Waals surface area contributed by atoms with Crippen LogP contribution in [0.4, 0.5) is 5.82 Å². The molecule has 0 radical (unpaired) electrons. The number of piperidine rings is 3. The zero-order valence-corrected chi connectivity index (χ0v) is 16.2. The Morgan fingerprint density at radius 3 is 2.39 bits per heavy atom. The highest BCUT2D eigenvalue weighted by Crippen LogP contribution is 2.28. The zero-order valence-electron chi connectivity index (χ0n) is 16.2. The largest absolute Gasteiger partial charge is 0.357 e. The first-order valence-corrected chi connectivity index (χ1v) is 10.4. The summed E-state index contributed by atoms with van der Waals surface area (Å²) >= 11 is 0. The number of likely N-dealkylation sites (tertiary alicyclic amines) is 1. The molecule has 3 fully saturated rings. The molecule has 0 spiro atoms. The van der Waals surface area contributed by atoms with Gasteiger partial charge in [-0.15, -0.1) is 0 Å². The molecule has 7 heteroatoms. The maximum Gasteiger partial charge on any atom is 0.234 e. The number of pyridine rings is 1. The molecule has 1 atom stereocenters. The van der Waals surface area contributed by atoms with E-state index in [2.05, 4.69) is 20.1 Å². The van der Waals surface area contributed by atoms with Crippen LogP contribution in [0.3, 0.4) is 0 Å². The molecule has 0 aromatic carbocycles. The lowest BCUT2D eigenvalue weighted by Crippen LogP contribution is -2.44. The van der Waals surface area contributed by atoms with Gasteiger partial charge in [-0.2, -0.15) is 0 Å². The summed E-state index contributed by atoms with van der Waals surface area (Å²) in [5, 5.41) is 2.40. The second-order valence-electron chi connectivity index (χ2n) is 8.10. The summed E-state index contributed by atoms with van der Waals surface area (Å²) in [6.07, 6.45) is 7.90. The highest BCUT2D eigenvalue weighted by molar-refractivity contribution is 6.00.